The van der Waals surface area contributed by atoms with Gasteiger partial charge in [-0.2, -0.15) is 0 Å². The fourth-order valence-corrected chi connectivity index (χ4v) is 1.72. The maximum atomic E-state index is 10.9. The fraction of sp³-hybridized carbons (Fsp3) is 0.615. The molecule has 0 saturated heterocycles. The summed E-state index contributed by atoms with van der Waals surface area (Å²) in [6.07, 6.45) is 6.22. The molecule has 6 heteroatoms. The van der Waals surface area contributed by atoms with Crippen molar-refractivity contribution in [3.8, 4) is 0 Å². The first-order valence-corrected chi connectivity index (χ1v) is 6.58. The van der Waals surface area contributed by atoms with Gasteiger partial charge in [-0.3, -0.25) is 0 Å². The molecule has 1 aromatic heterocycles. The second kappa shape index (κ2) is 7.16. The molecule has 104 valence electrons. The van der Waals surface area contributed by atoms with Crippen molar-refractivity contribution in [2.45, 2.75) is 25.8 Å². The fourth-order valence-electron chi connectivity index (χ4n) is 1.72. The Balaban J connectivity index is 1.60. The Morgan fingerprint density at radius 1 is 1.53 bits per heavy atom. The van der Waals surface area contributed by atoms with Crippen LogP contribution in [0.3, 0.4) is 0 Å². The number of aromatic carboxylic acids is 1. The van der Waals surface area contributed by atoms with E-state index >= 15 is 0 Å². The van der Waals surface area contributed by atoms with Gasteiger partial charge in [-0.15, -0.1) is 0 Å². The van der Waals surface area contributed by atoms with Crippen LogP contribution in [0.4, 0.5) is 0 Å². The standard InChI is InChI=1S/C13H19N3O3/c17-13(18)11-6-15-9-16-12(11)7-14-4-1-5-19-8-10-2-3-10/h6,9-10,14H,1-5,7-8H2,(H,17,18). The molecule has 0 spiro atoms. The number of carboxylic acid groups (broad SMARTS) is 1. The lowest BCUT2D eigenvalue weighted by Crippen LogP contribution is -2.19. The molecule has 0 unspecified atom stereocenters. The zero-order chi connectivity index (χ0) is 13.5. The first-order valence-electron chi connectivity index (χ1n) is 6.58. The molecule has 0 amide bonds. The Morgan fingerprint density at radius 2 is 2.37 bits per heavy atom. The highest BCUT2D eigenvalue weighted by atomic mass is 16.5. The monoisotopic (exact) mass is 265 g/mol. The van der Waals surface area contributed by atoms with Crippen LogP contribution in [-0.2, 0) is 11.3 Å². The molecule has 1 aromatic rings. The van der Waals surface area contributed by atoms with Gasteiger partial charge in [-0.25, -0.2) is 14.8 Å². The highest BCUT2D eigenvalue weighted by Crippen LogP contribution is 2.28. The van der Waals surface area contributed by atoms with Gasteiger partial charge in [0.1, 0.15) is 11.9 Å². The Labute approximate surface area is 112 Å². The van der Waals surface area contributed by atoms with Crippen molar-refractivity contribution >= 4 is 5.97 Å². The minimum absolute atomic E-state index is 0.153. The lowest BCUT2D eigenvalue weighted by molar-refractivity contribution is 0.0694. The molecule has 1 heterocycles. The van der Waals surface area contributed by atoms with Gasteiger partial charge in [0.25, 0.3) is 0 Å². The average Bonchev–Trinajstić information content (AvgIpc) is 3.22. The summed E-state index contributed by atoms with van der Waals surface area (Å²) >= 11 is 0. The molecule has 2 rings (SSSR count). The van der Waals surface area contributed by atoms with Crippen LogP contribution in [0.25, 0.3) is 0 Å². The Morgan fingerprint density at radius 3 is 3.11 bits per heavy atom. The molecule has 2 N–H and O–H groups in total. The lowest BCUT2D eigenvalue weighted by Gasteiger charge is -2.07. The number of rotatable bonds is 9. The number of ether oxygens (including phenoxy) is 1. The second-order valence-corrected chi connectivity index (χ2v) is 4.74. The molecule has 1 aliphatic carbocycles. The molecule has 0 atom stereocenters. The van der Waals surface area contributed by atoms with E-state index in [1.165, 1.54) is 25.4 Å². The molecular formula is C13H19N3O3. The largest absolute Gasteiger partial charge is 0.478 e. The summed E-state index contributed by atoms with van der Waals surface area (Å²) in [5.74, 6) is -0.197. The summed E-state index contributed by atoms with van der Waals surface area (Å²) < 4.78 is 5.51. The molecule has 0 aliphatic heterocycles. The van der Waals surface area contributed by atoms with Crippen LogP contribution < -0.4 is 5.32 Å². The minimum Gasteiger partial charge on any atom is -0.478 e. The number of nitrogens with one attached hydrogen (secondary N) is 1. The number of hydrogen-bond acceptors (Lipinski definition) is 5. The smallest absolute Gasteiger partial charge is 0.339 e. The van der Waals surface area contributed by atoms with E-state index in [2.05, 4.69) is 15.3 Å². The predicted molar refractivity (Wildman–Crippen MR) is 68.9 cm³/mol. The van der Waals surface area contributed by atoms with E-state index in [-0.39, 0.29) is 5.56 Å². The lowest BCUT2D eigenvalue weighted by atomic mass is 10.2. The highest BCUT2D eigenvalue weighted by molar-refractivity contribution is 5.88. The normalized spacial score (nSPS) is 14.5. The third-order valence-corrected chi connectivity index (χ3v) is 3.01. The zero-order valence-electron chi connectivity index (χ0n) is 10.8. The van der Waals surface area contributed by atoms with Crippen LogP contribution >= 0.6 is 0 Å². The third-order valence-electron chi connectivity index (χ3n) is 3.01. The quantitative estimate of drug-likeness (QED) is 0.650. The van der Waals surface area contributed by atoms with E-state index in [1.54, 1.807) is 0 Å². The summed E-state index contributed by atoms with van der Waals surface area (Å²) in [7, 11) is 0. The number of hydrogen-bond donors (Lipinski definition) is 2. The third kappa shape index (κ3) is 4.92. The van der Waals surface area contributed by atoms with Crippen LogP contribution in [0.2, 0.25) is 0 Å². The van der Waals surface area contributed by atoms with Crippen LogP contribution in [-0.4, -0.2) is 40.8 Å². The van der Waals surface area contributed by atoms with Gasteiger partial charge in [0.2, 0.25) is 0 Å². The Bertz CT molecular complexity index is 421. The van der Waals surface area contributed by atoms with Crippen LogP contribution in [0.5, 0.6) is 0 Å². The molecule has 6 nitrogen and oxygen atoms in total. The molecular weight excluding hydrogens is 246 g/mol. The van der Waals surface area contributed by atoms with Crippen molar-refractivity contribution in [1.82, 2.24) is 15.3 Å². The minimum atomic E-state index is -0.995. The Hall–Kier alpha value is -1.53. The molecule has 1 aliphatic rings. The van der Waals surface area contributed by atoms with Crippen molar-refractivity contribution in [1.29, 1.82) is 0 Å². The van der Waals surface area contributed by atoms with Gasteiger partial charge in [-0.1, -0.05) is 0 Å². The van der Waals surface area contributed by atoms with Gasteiger partial charge in [0.15, 0.2) is 0 Å². The number of carboxylic acids is 1. The van der Waals surface area contributed by atoms with Gasteiger partial charge in [0.05, 0.1) is 5.69 Å². The van der Waals surface area contributed by atoms with Crippen LogP contribution in [0.15, 0.2) is 12.5 Å². The maximum Gasteiger partial charge on any atom is 0.339 e. The first kappa shape index (κ1) is 13.9. The SMILES string of the molecule is O=C(O)c1cncnc1CNCCCOCC1CC1. The van der Waals surface area contributed by atoms with E-state index < -0.39 is 5.97 Å². The summed E-state index contributed by atoms with van der Waals surface area (Å²) in [6, 6.07) is 0. The summed E-state index contributed by atoms with van der Waals surface area (Å²) in [5, 5.41) is 12.1. The number of aromatic nitrogens is 2. The van der Waals surface area contributed by atoms with Crippen molar-refractivity contribution in [2.75, 3.05) is 19.8 Å². The Kier molecular flexibility index (Phi) is 5.23. The molecule has 0 aromatic carbocycles. The van der Waals surface area contributed by atoms with Crippen LogP contribution in [0, 0.1) is 5.92 Å². The maximum absolute atomic E-state index is 10.9. The van der Waals surface area contributed by atoms with E-state index in [9.17, 15) is 4.79 Å². The molecule has 1 fully saturated rings. The van der Waals surface area contributed by atoms with E-state index in [4.69, 9.17) is 9.84 Å². The summed E-state index contributed by atoms with van der Waals surface area (Å²) in [4.78, 5) is 18.6. The van der Waals surface area contributed by atoms with Crippen molar-refractivity contribution in [3.63, 3.8) is 0 Å². The predicted octanol–water partition coefficient (Wildman–Crippen LogP) is 1.08. The van der Waals surface area contributed by atoms with Crippen molar-refractivity contribution in [3.05, 3.63) is 23.8 Å². The van der Waals surface area contributed by atoms with Gasteiger partial charge >= 0.3 is 5.97 Å². The second-order valence-electron chi connectivity index (χ2n) is 4.74. The van der Waals surface area contributed by atoms with Gasteiger partial charge in [0, 0.05) is 26.0 Å². The molecule has 0 radical (unpaired) electrons. The molecule has 19 heavy (non-hydrogen) atoms. The van der Waals surface area contributed by atoms with E-state index in [1.807, 2.05) is 0 Å². The van der Waals surface area contributed by atoms with Crippen molar-refractivity contribution in [2.24, 2.45) is 5.92 Å². The van der Waals surface area contributed by atoms with Crippen molar-refractivity contribution < 1.29 is 14.6 Å². The van der Waals surface area contributed by atoms with E-state index in [0.717, 1.165) is 32.1 Å². The summed E-state index contributed by atoms with van der Waals surface area (Å²) in [5.41, 5.74) is 0.668. The number of carbonyl (C=O) groups is 1. The average molecular weight is 265 g/mol. The molecule has 0 bridgehead atoms. The highest BCUT2D eigenvalue weighted by Gasteiger charge is 2.20. The van der Waals surface area contributed by atoms with Crippen LogP contribution in [0.1, 0.15) is 35.3 Å². The topological polar surface area (TPSA) is 84.3 Å². The van der Waals surface area contributed by atoms with Gasteiger partial charge in [-0.05, 0) is 31.7 Å². The molecule has 1 saturated carbocycles. The van der Waals surface area contributed by atoms with Gasteiger partial charge < -0.3 is 15.2 Å². The number of nitrogens with zero attached hydrogens (tertiary/aromatic N) is 2. The van der Waals surface area contributed by atoms with E-state index in [0.29, 0.717) is 12.2 Å². The zero-order valence-corrected chi connectivity index (χ0v) is 10.8. The first-order chi connectivity index (χ1) is 9.27. The summed E-state index contributed by atoms with van der Waals surface area (Å²) in [6.45, 7) is 2.86.